The van der Waals surface area contributed by atoms with E-state index in [2.05, 4.69) is 5.32 Å². The van der Waals surface area contributed by atoms with Crippen LogP contribution >= 0.6 is 0 Å². The predicted octanol–water partition coefficient (Wildman–Crippen LogP) is 4.56. The van der Waals surface area contributed by atoms with Gasteiger partial charge in [0.15, 0.2) is 0 Å². The average molecular weight is 434 g/mol. The molecule has 3 unspecified atom stereocenters. The highest BCUT2D eigenvalue weighted by atomic mass is 19.4. The van der Waals surface area contributed by atoms with Crippen molar-refractivity contribution in [3.8, 4) is 0 Å². The number of hydrogen-bond donors (Lipinski definition) is 1. The first-order valence-corrected chi connectivity index (χ1v) is 10.0. The number of amides is 1. The van der Waals surface area contributed by atoms with Crippen molar-refractivity contribution < 1.29 is 27.5 Å². The summed E-state index contributed by atoms with van der Waals surface area (Å²) in [5.74, 6) is -4.18. The minimum absolute atomic E-state index is 0.0173. The molecule has 1 heterocycles. The second-order valence-electron chi connectivity index (χ2n) is 7.82. The molecule has 166 valence electrons. The molecule has 0 aromatic heterocycles. The molecule has 0 saturated carbocycles. The van der Waals surface area contributed by atoms with Crippen molar-refractivity contribution in [1.29, 1.82) is 0 Å². The summed E-state index contributed by atoms with van der Waals surface area (Å²) in [5.41, 5.74) is 2.00. The summed E-state index contributed by atoms with van der Waals surface area (Å²) in [7, 11) is 0. The quantitative estimate of drug-likeness (QED) is 0.678. The van der Waals surface area contributed by atoms with Crippen molar-refractivity contribution in [3.63, 3.8) is 0 Å². The average Bonchev–Trinajstić information content (AvgIpc) is 3.13. The molecule has 0 aliphatic carbocycles. The topological polar surface area (TPSA) is 58.6 Å². The summed E-state index contributed by atoms with van der Waals surface area (Å²) in [6.45, 7) is 3.05. The molecule has 1 aliphatic rings. The van der Waals surface area contributed by atoms with E-state index in [1.807, 2.05) is 30.3 Å². The van der Waals surface area contributed by atoms with Crippen molar-refractivity contribution in [2.75, 3.05) is 18.4 Å². The van der Waals surface area contributed by atoms with Crippen LogP contribution in [0, 0.1) is 11.8 Å². The van der Waals surface area contributed by atoms with Crippen molar-refractivity contribution >= 4 is 17.6 Å². The molecule has 2 aromatic carbocycles. The second-order valence-corrected chi connectivity index (χ2v) is 7.82. The Balaban J connectivity index is 1.70. The van der Waals surface area contributed by atoms with E-state index < -0.39 is 30.1 Å². The zero-order valence-corrected chi connectivity index (χ0v) is 17.4. The van der Waals surface area contributed by atoms with Gasteiger partial charge in [0.2, 0.25) is 5.91 Å². The SMILES string of the molecule is CC(=O)Nc1cccc(C(C)OC(=O)C2CN(Cc3ccccc3)CC2C(F)(F)F)c1. The predicted molar refractivity (Wildman–Crippen MR) is 110 cm³/mol. The number of ether oxygens (including phenoxy) is 1. The van der Waals surface area contributed by atoms with Crippen LogP contribution < -0.4 is 5.32 Å². The van der Waals surface area contributed by atoms with E-state index >= 15 is 0 Å². The van der Waals surface area contributed by atoms with E-state index in [4.69, 9.17) is 4.74 Å². The normalized spacial score (nSPS) is 20.3. The lowest BCUT2D eigenvalue weighted by Gasteiger charge is -2.22. The van der Waals surface area contributed by atoms with Crippen LogP contribution in [0.4, 0.5) is 18.9 Å². The maximum absolute atomic E-state index is 13.6. The highest BCUT2D eigenvalue weighted by Gasteiger charge is 2.53. The molecule has 1 amide bonds. The molecule has 0 radical (unpaired) electrons. The fourth-order valence-corrected chi connectivity index (χ4v) is 3.83. The number of likely N-dealkylation sites (tertiary alicyclic amines) is 1. The molecule has 31 heavy (non-hydrogen) atoms. The Morgan fingerprint density at radius 3 is 2.48 bits per heavy atom. The number of benzene rings is 2. The van der Waals surface area contributed by atoms with Gasteiger partial charge in [-0.3, -0.25) is 14.5 Å². The van der Waals surface area contributed by atoms with E-state index in [0.717, 1.165) is 5.56 Å². The van der Waals surface area contributed by atoms with Crippen molar-refractivity contribution in [3.05, 3.63) is 65.7 Å². The Morgan fingerprint density at radius 2 is 1.84 bits per heavy atom. The van der Waals surface area contributed by atoms with Gasteiger partial charge in [0.1, 0.15) is 6.10 Å². The van der Waals surface area contributed by atoms with Gasteiger partial charge in [-0.1, -0.05) is 42.5 Å². The third-order valence-corrected chi connectivity index (χ3v) is 5.34. The number of nitrogens with one attached hydrogen (secondary N) is 1. The number of carbonyl (C=O) groups excluding carboxylic acids is 2. The Morgan fingerprint density at radius 1 is 1.13 bits per heavy atom. The summed E-state index contributed by atoms with van der Waals surface area (Å²) in [5, 5.41) is 2.63. The number of carbonyl (C=O) groups is 2. The van der Waals surface area contributed by atoms with Crippen molar-refractivity contribution in [2.24, 2.45) is 11.8 Å². The Kier molecular flexibility index (Phi) is 7.00. The zero-order valence-electron chi connectivity index (χ0n) is 17.4. The summed E-state index contributed by atoms with van der Waals surface area (Å²) < 4.78 is 46.4. The number of nitrogens with zero attached hydrogens (tertiary/aromatic N) is 1. The Labute approximate surface area is 179 Å². The minimum atomic E-state index is -4.50. The lowest BCUT2D eigenvalue weighted by atomic mass is 9.95. The molecule has 0 bridgehead atoms. The second kappa shape index (κ2) is 9.51. The number of halogens is 3. The highest BCUT2D eigenvalue weighted by Crippen LogP contribution is 2.39. The van der Waals surface area contributed by atoms with Gasteiger partial charge in [0, 0.05) is 32.2 Å². The molecular formula is C23H25F3N2O3. The zero-order chi connectivity index (χ0) is 22.6. The van der Waals surface area contributed by atoms with Crippen LogP contribution in [0.2, 0.25) is 0 Å². The molecule has 0 spiro atoms. The van der Waals surface area contributed by atoms with Gasteiger partial charge in [0.05, 0.1) is 11.8 Å². The van der Waals surface area contributed by atoms with Crippen molar-refractivity contribution in [2.45, 2.75) is 32.7 Å². The van der Waals surface area contributed by atoms with Crippen LogP contribution in [0.15, 0.2) is 54.6 Å². The van der Waals surface area contributed by atoms with E-state index in [9.17, 15) is 22.8 Å². The van der Waals surface area contributed by atoms with Gasteiger partial charge in [0.25, 0.3) is 0 Å². The first-order chi connectivity index (χ1) is 14.6. The summed E-state index contributed by atoms with van der Waals surface area (Å²) in [6.07, 6.45) is -5.25. The van der Waals surface area contributed by atoms with Gasteiger partial charge in [-0.15, -0.1) is 0 Å². The van der Waals surface area contributed by atoms with Gasteiger partial charge in [-0.2, -0.15) is 13.2 Å². The number of anilines is 1. The molecule has 2 aromatic rings. The van der Waals surface area contributed by atoms with Gasteiger partial charge in [-0.25, -0.2) is 0 Å². The summed E-state index contributed by atoms with van der Waals surface area (Å²) in [6, 6.07) is 15.9. The van der Waals surface area contributed by atoms with E-state index in [0.29, 0.717) is 17.8 Å². The van der Waals surface area contributed by atoms with Gasteiger partial charge >= 0.3 is 12.1 Å². The number of esters is 1. The molecule has 1 aliphatic heterocycles. The first kappa shape index (κ1) is 22.8. The Bertz CT molecular complexity index is 918. The number of rotatable bonds is 6. The monoisotopic (exact) mass is 434 g/mol. The smallest absolute Gasteiger partial charge is 0.393 e. The first-order valence-electron chi connectivity index (χ1n) is 10.0. The van der Waals surface area contributed by atoms with Crippen LogP contribution in [-0.2, 0) is 20.9 Å². The molecule has 3 atom stereocenters. The van der Waals surface area contributed by atoms with Crippen LogP contribution in [0.1, 0.15) is 31.1 Å². The maximum atomic E-state index is 13.6. The lowest BCUT2D eigenvalue weighted by molar-refractivity contribution is -0.192. The van der Waals surface area contributed by atoms with Gasteiger partial charge < -0.3 is 10.1 Å². The van der Waals surface area contributed by atoms with Crippen LogP contribution in [0.25, 0.3) is 0 Å². The van der Waals surface area contributed by atoms with Crippen LogP contribution in [0.5, 0.6) is 0 Å². The molecular weight excluding hydrogens is 409 g/mol. The molecule has 5 nitrogen and oxygen atoms in total. The number of hydrogen-bond acceptors (Lipinski definition) is 4. The summed E-state index contributed by atoms with van der Waals surface area (Å²) in [4.78, 5) is 25.6. The third-order valence-electron chi connectivity index (χ3n) is 5.34. The largest absolute Gasteiger partial charge is 0.458 e. The fraction of sp³-hybridized carbons (Fsp3) is 0.391. The lowest BCUT2D eigenvalue weighted by Crippen LogP contribution is -2.35. The van der Waals surface area contributed by atoms with E-state index in [-0.39, 0.29) is 19.0 Å². The van der Waals surface area contributed by atoms with Crippen LogP contribution in [-0.4, -0.2) is 36.0 Å². The highest BCUT2D eigenvalue weighted by molar-refractivity contribution is 5.88. The van der Waals surface area contributed by atoms with E-state index in [1.54, 1.807) is 36.1 Å². The molecule has 8 heteroatoms. The standard InChI is InChI=1S/C23H25F3N2O3/c1-15(18-9-6-10-19(11-18)27-16(2)29)31-22(30)20-13-28(14-21(20)23(24,25)26)12-17-7-4-3-5-8-17/h3-11,15,20-21H,12-14H2,1-2H3,(H,27,29). The molecule has 1 saturated heterocycles. The third kappa shape index (κ3) is 6.07. The van der Waals surface area contributed by atoms with E-state index in [1.165, 1.54) is 6.92 Å². The summed E-state index contributed by atoms with van der Waals surface area (Å²) >= 11 is 0. The molecule has 1 N–H and O–H groups in total. The maximum Gasteiger partial charge on any atom is 0.393 e. The minimum Gasteiger partial charge on any atom is -0.458 e. The molecule has 1 fully saturated rings. The fourth-order valence-electron chi connectivity index (χ4n) is 3.83. The van der Waals surface area contributed by atoms with Crippen molar-refractivity contribution in [1.82, 2.24) is 4.90 Å². The number of alkyl halides is 3. The van der Waals surface area contributed by atoms with Crippen LogP contribution in [0.3, 0.4) is 0 Å². The van der Waals surface area contributed by atoms with Gasteiger partial charge in [-0.05, 0) is 30.2 Å². The molecule has 3 rings (SSSR count). The Hall–Kier alpha value is -2.87.